The molecule has 0 unspecified atom stereocenters. The molecule has 27 heavy (non-hydrogen) atoms. The molecule has 0 saturated carbocycles. The van der Waals surface area contributed by atoms with Gasteiger partial charge in [0.25, 0.3) is 0 Å². The molecule has 4 aromatic carbocycles. The number of hydrogen-bond donors (Lipinski definition) is 1. The quantitative estimate of drug-likeness (QED) is 0.426. The van der Waals surface area contributed by atoms with Crippen molar-refractivity contribution in [1.82, 2.24) is 0 Å². The Morgan fingerprint density at radius 3 is 2.00 bits per heavy atom. The zero-order valence-electron chi connectivity index (χ0n) is 15.8. The van der Waals surface area contributed by atoms with Crippen molar-refractivity contribution in [3.8, 4) is 22.6 Å². The largest absolute Gasteiger partial charge is 0.507 e. The second-order valence-corrected chi connectivity index (χ2v) is 7.37. The van der Waals surface area contributed by atoms with Crippen molar-refractivity contribution >= 4 is 21.5 Å². The Kier molecular flexibility index (Phi) is 4.72. The van der Waals surface area contributed by atoms with E-state index in [1.807, 2.05) is 36.4 Å². The molecule has 0 amide bonds. The number of rotatable bonds is 5. The first-order valence-corrected chi connectivity index (χ1v) is 9.51. The maximum absolute atomic E-state index is 10.8. The average Bonchev–Trinajstić information content (AvgIpc) is 2.68. The van der Waals surface area contributed by atoms with Gasteiger partial charge < -0.3 is 9.84 Å². The first kappa shape index (κ1) is 17.4. The molecule has 136 valence electrons. The number of ether oxygens (including phenoxy) is 1. The molecule has 0 aliphatic carbocycles. The smallest absolute Gasteiger partial charge is 0.127 e. The summed E-state index contributed by atoms with van der Waals surface area (Å²) in [5.74, 6) is 1.68. The van der Waals surface area contributed by atoms with E-state index < -0.39 is 0 Å². The zero-order chi connectivity index (χ0) is 18.8. The lowest BCUT2D eigenvalue weighted by molar-refractivity contribution is 0.291. The second-order valence-electron chi connectivity index (χ2n) is 7.37. The molecule has 0 saturated heterocycles. The number of hydrogen-bond acceptors (Lipinski definition) is 2. The fourth-order valence-electron chi connectivity index (χ4n) is 3.56. The van der Waals surface area contributed by atoms with Crippen LogP contribution in [0.15, 0.2) is 72.8 Å². The summed E-state index contributed by atoms with van der Waals surface area (Å²) in [6.45, 7) is 5.05. The molecule has 0 aliphatic rings. The second kappa shape index (κ2) is 7.32. The lowest BCUT2D eigenvalue weighted by Crippen LogP contribution is -2.03. The fraction of sp³-hybridized carbons (Fsp3) is 0.200. The minimum atomic E-state index is 0.277. The molecule has 2 nitrogen and oxygen atoms in total. The van der Waals surface area contributed by atoms with Gasteiger partial charge in [0, 0.05) is 11.1 Å². The maximum atomic E-state index is 10.8. The molecule has 1 N–H and O–H groups in total. The summed E-state index contributed by atoms with van der Waals surface area (Å²) in [6.07, 6.45) is 0.994. The summed E-state index contributed by atoms with van der Waals surface area (Å²) < 4.78 is 6.20. The third-order valence-electron chi connectivity index (χ3n) is 5.00. The molecule has 0 radical (unpaired) electrons. The van der Waals surface area contributed by atoms with Crippen LogP contribution < -0.4 is 4.74 Å². The Labute approximate surface area is 160 Å². The van der Waals surface area contributed by atoms with Gasteiger partial charge in [-0.1, -0.05) is 74.5 Å². The standard InChI is InChI=1S/C25H24O2/c1-17(2)15-16-27-23-14-12-19-8-4-6-10-21(19)25(23)24-20-9-5-3-7-18(20)11-13-22(24)26/h3-14,17,26H,15-16H2,1-2H3. The third kappa shape index (κ3) is 3.35. The summed E-state index contributed by atoms with van der Waals surface area (Å²) in [7, 11) is 0. The van der Waals surface area contributed by atoms with E-state index in [1.54, 1.807) is 6.07 Å². The van der Waals surface area contributed by atoms with Gasteiger partial charge in [-0.05, 0) is 46.0 Å². The van der Waals surface area contributed by atoms with Crippen molar-refractivity contribution in [3.63, 3.8) is 0 Å². The highest BCUT2D eigenvalue weighted by molar-refractivity contribution is 6.09. The first-order chi connectivity index (χ1) is 13.1. The van der Waals surface area contributed by atoms with Gasteiger partial charge in [0.05, 0.1) is 6.61 Å². The molecule has 0 aliphatic heterocycles. The van der Waals surface area contributed by atoms with Crippen LogP contribution in [-0.4, -0.2) is 11.7 Å². The average molecular weight is 356 g/mol. The molecule has 4 rings (SSSR count). The van der Waals surface area contributed by atoms with Gasteiger partial charge in [0.15, 0.2) is 0 Å². The van der Waals surface area contributed by atoms with Crippen LogP contribution in [0.5, 0.6) is 11.5 Å². The predicted octanol–water partition coefficient (Wildman–Crippen LogP) is 6.79. The summed E-state index contributed by atoms with van der Waals surface area (Å²) in [6, 6.07) is 24.3. The topological polar surface area (TPSA) is 29.5 Å². The van der Waals surface area contributed by atoms with E-state index >= 15 is 0 Å². The van der Waals surface area contributed by atoms with Gasteiger partial charge in [0.2, 0.25) is 0 Å². The minimum absolute atomic E-state index is 0.277. The van der Waals surface area contributed by atoms with Crippen molar-refractivity contribution in [2.75, 3.05) is 6.61 Å². The van der Waals surface area contributed by atoms with Gasteiger partial charge in [-0.3, -0.25) is 0 Å². The summed E-state index contributed by atoms with van der Waals surface area (Å²) in [4.78, 5) is 0. The van der Waals surface area contributed by atoms with Crippen LogP contribution in [0.25, 0.3) is 32.7 Å². The van der Waals surface area contributed by atoms with Crippen molar-refractivity contribution < 1.29 is 9.84 Å². The highest BCUT2D eigenvalue weighted by Gasteiger charge is 2.17. The monoisotopic (exact) mass is 356 g/mol. The van der Waals surface area contributed by atoms with Crippen LogP contribution in [0.1, 0.15) is 20.3 Å². The van der Waals surface area contributed by atoms with Crippen LogP contribution in [0.3, 0.4) is 0 Å². The Bertz CT molecular complexity index is 1100. The first-order valence-electron chi connectivity index (χ1n) is 9.51. The summed E-state index contributed by atoms with van der Waals surface area (Å²) in [5.41, 5.74) is 1.80. The maximum Gasteiger partial charge on any atom is 0.127 e. The lowest BCUT2D eigenvalue weighted by atomic mass is 9.92. The van der Waals surface area contributed by atoms with Crippen LogP contribution >= 0.6 is 0 Å². The van der Waals surface area contributed by atoms with Crippen LogP contribution in [0.4, 0.5) is 0 Å². The highest BCUT2D eigenvalue weighted by Crippen LogP contribution is 2.44. The number of phenolic OH excluding ortho intramolecular Hbond substituents is 1. The van der Waals surface area contributed by atoms with Gasteiger partial charge in [0.1, 0.15) is 11.5 Å². The van der Waals surface area contributed by atoms with E-state index in [9.17, 15) is 5.11 Å². The number of benzene rings is 4. The van der Waals surface area contributed by atoms with Crippen molar-refractivity contribution in [2.24, 2.45) is 5.92 Å². The number of fused-ring (bicyclic) bond motifs is 2. The SMILES string of the molecule is CC(C)CCOc1ccc2ccccc2c1-c1c(O)ccc2ccccc12. The minimum Gasteiger partial charge on any atom is -0.507 e. The van der Waals surface area contributed by atoms with E-state index in [2.05, 4.69) is 44.2 Å². The van der Waals surface area contributed by atoms with Gasteiger partial charge in [-0.25, -0.2) is 0 Å². The van der Waals surface area contributed by atoms with E-state index in [-0.39, 0.29) is 5.75 Å². The molecule has 0 aromatic heterocycles. The van der Waals surface area contributed by atoms with Gasteiger partial charge in [-0.15, -0.1) is 0 Å². The third-order valence-corrected chi connectivity index (χ3v) is 5.00. The normalized spacial score (nSPS) is 11.4. The molecule has 2 heteroatoms. The van der Waals surface area contributed by atoms with Crippen molar-refractivity contribution in [1.29, 1.82) is 0 Å². The van der Waals surface area contributed by atoms with Crippen LogP contribution in [0.2, 0.25) is 0 Å². The molecule has 0 fully saturated rings. The molecular formula is C25H24O2. The van der Waals surface area contributed by atoms with E-state index in [4.69, 9.17) is 4.74 Å². The molecule has 0 heterocycles. The molecule has 4 aromatic rings. The Morgan fingerprint density at radius 1 is 0.741 bits per heavy atom. The Morgan fingerprint density at radius 2 is 1.33 bits per heavy atom. The Balaban J connectivity index is 1.98. The Hall–Kier alpha value is -3.00. The number of phenols is 1. The van der Waals surface area contributed by atoms with Gasteiger partial charge >= 0.3 is 0 Å². The number of aromatic hydroxyl groups is 1. The van der Waals surface area contributed by atoms with Crippen molar-refractivity contribution in [3.05, 3.63) is 72.8 Å². The van der Waals surface area contributed by atoms with Crippen LogP contribution in [-0.2, 0) is 0 Å². The summed E-state index contributed by atoms with van der Waals surface area (Å²) >= 11 is 0. The van der Waals surface area contributed by atoms with E-state index in [1.165, 1.54) is 0 Å². The highest BCUT2D eigenvalue weighted by atomic mass is 16.5. The molecular weight excluding hydrogens is 332 g/mol. The van der Waals surface area contributed by atoms with Crippen molar-refractivity contribution in [2.45, 2.75) is 20.3 Å². The van der Waals surface area contributed by atoms with Crippen LogP contribution in [0, 0.1) is 5.92 Å². The molecule has 0 bridgehead atoms. The van der Waals surface area contributed by atoms with Gasteiger partial charge in [-0.2, -0.15) is 0 Å². The summed E-state index contributed by atoms with van der Waals surface area (Å²) in [5, 5.41) is 15.2. The molecule has 0 spiro atoms. The predicted molar refractivity (Wildman–Crippen MR) is 114 cm³/mol. The fourth-order valence-corrected chi connectivity index (χ4v) is 3.56. The zero-order valence-corrected chi connectivity index (χ0v) is 15.8. The molecule has 0 atom stereocenters. The lowest BCUT2D eigenvalue weighted by Gasteiger charge is -2.18. The van der Waals surface area contributed by atoms with E-state index in [0.29, 0.717) is 12.5 Å². The van der Waals surface area contributed by atoms with E-state index in [0.717, 1.165) is 44.8 Å².